The molecule has 6 heteroatoms. The van der Waals surface area contributed by atoms with E-state index in [1.807, 2.05) is 0 Å². The third-order valence-corrected chi connectivity index (χ3v) is 4.61. The Morgan fingerprint density at radius 1 is 1.35 bits per heavy atom. The lowest BCUT2D eigenvalue weighted by Gasteiger charge is -2.31. The first-order chi connectivity index (χ1) is 11.1. The van der Waals surface area contributed by atoms with Crippen molar-refractivity contribution in [2.45, 2.75) is 44.7 Å². The van der Waals surface area contributed by atoms with Crippen molar-refractivity contribution in [2.75, 3.05) is 7.05 Å². The summed E-state index contributed by atoms with van der Waals surface area (Å²) in [7, 11) is 1.79. The van der Waals surface area contributed by atoms with Gasteiger partial charge in [0.05, 0.1) is 17.2 Å². The zero-order valence-electron chi connectivity index (χ0n) is 13.2. The number of amides is 1. The van der Waals surface area contributed by atoms with E-state index in [0.29, 0.717) is 5.52 Å². The second-order valence-corrected chi connectivity index (χ2v) is 6.14. The van der Waals surface area contributed by atoms with Crippen molar-refractivity contribution >= 4 is 16.8 Å². The normalized spacial score (nSPS) is 15.7. The first-order valence-corrected chi connectivity index (χ1v) is 7.96. The molecule has 0 spiro atoms. The fourth-order valence-corrected chi connectivity index (χ4v) is 3.17. The molecule has 0 N–H and O–H groups in total. The van der Waals surface area contributed by atoms with E-state index in [1.54, 1.807) is 11.9 Å². The summed E-state index contributed by atoms with van der Waals surface area (Å²) in [6, 6.07) is 4.14. The van der Waals surface area contributed by atoms with E-state index in [-0.39, 0.29) is 29.4 Å². The average molecular weight is 317 g/mol. The third kappa shape index (κ3) is 3.25. The van der Waals surface area contributed by atoms with Crippen molar-refractivity contribution in [1.82, 2.24) is 14.5 Å². The maximum Gasteiger partial charge on any atom is 0.261 e. The molecule has 122 valence electrons. The molecule has 0 saturated heterocycles. The van der Waals surface area contributed by atoms with E-state index in [2.05, 4.69) is 4.98 Å². The Kier molecular flexibility index (Phi) is 4.41. The van der Waals surface area contributed by atoms with Crippen molar-refractivity contribution < 1.29 is 9.18 Å². The Morgan fingerprint density at radius 3 is 2.83 bits per heavy atom. The summed E-state index contributed by atoms with van der Waals surface area (Å²) in [5.74, 6) is -0.601. The number of halogens is 1. The predicted octanol–water partition coefficient (Wildman–Crippen LogP) is 2.33. The van der Waals surface area contributed by atoms with Gasteiger partial charge in [0.25, 0.3) is 5.56 Å². The van der Waals surface area contributed by atoms with Gasteiger partial charge in [-0.25, -0.2) is 9.37 Å². The highest BCUT2D eigenvalue weighted by Crippen LogP contribution is 2.21. The van der Waals surface area contributed by atoms with Crippen LogP contribution in [0.15, 0.2) is 29.3 Å². The first-order valence-electron chi connectivity index (χ1n) is 7.96. The lowest BCUT2D eigenvalue weighted by molar-refractivity contribution is -0.133. The van der Waals surface area contributed by atoms with Gasteiger partial charge >= 0.3 is 0 Å². The molecule has 1 aromatic heterocycles. The van der Waals surface area contributed by atoms with Crippen LogP contribution < -0.4 is 5.56 Å². The van der Waals surface area contributed by atoms with E-state index in [1.165, 1.54) is 29.4 Å². The number of carbonyl (C=O) groups is 1. The lowest BCUT2D eigenvalue weighted by Crippen LogP contribution is -2.41. The van der Waals surface area contributed by atoms with Crippen LogP contribution in [0.3, 0.4) is 0 Å². The van der Waals surface area contributed by atoms with Gasteiger partial charge in [0.1, 0.15) is 12.4 Å². The summed E-state index contributed by atoms with van der Waals surface area (Å²) in [4.78, 5) is 30.7. The van der Waals surface area contributed by atoms with Crippen LogP contribution in [0.25, 0.3) is 10.9 Å². The second kappa shape index (κ2) is 6.48. The van der Waals surface area contributed by atoms with Crippen LogP contribution >= 0.6 is 0 Å². The van der Waals surface area contributed by atoms with E-state index in [4.69, 9.17) is 0 Å². The Morgan fingerprint density at radius 2 is 2.09 bits per heavy atom. The van der Waals surface area contributed by atoms with Crippen LogP contribution in [0.1, 0.15) is 32.1 Å². The molecular weight excluding hydrogens is 297 g/mol. The maximum atomic E-state index is 13.3. The van der Waals surface area contributed by atoms with Gasteiger partial charge in [-0.3, -0.25) is 14.2 Å². The number of hydrogen-bond acceptors (Lipinski definition) is 3. The van der Waals surface area contributed by atoms with Crippen molar-refractivity contribution in [3.05, 3.63) is 40.7 Å². The van der Waals surface area contributed by atoms with Crippen LogP contribution in [0.4, 0.5) is 4.39 Å². The summed E-state index contributed by atoms with van der Waals surface area (Å²) < 4.78 is 14.6. The molecule has 0 radical (unpaired) electrons. The lowest BCUT2D eigenvalue weighted by atomic mass is 9.94. The number of hydrogen-bond donors (Lipinski definition) is 0. The molecule has 1 aromatic carbocycles. The van der Waals surface area contributed by atoms with Gasteiger partial charge in [-0.15, -0.1) is 0 Å². The minimum Gasteiger partial charge on any atom is -0.341 e. The van der Waals surface area contributed by atoms with Crippen LogP contribution in [0, 0.1) is 5.82 Å². The molecule has 23 heavy (non-hydrogen) atoms. The molecule has 0 aliphatic heterocycles. The number of benzene rings is 1. The third-order valence-electron chi connectivity index (χ3n) is 4.61. The Bertz CT molecular complexity index is 781. The number of likely N-dealkylation sites (N-methyl/N-ethyl adjacent to an activating group) is 1. The van der Waals surface area contributed by atoms with E-state index in [9.17, 15) is 14.0 Å². The van der Waals surface area contributed by atoms with Crippen molar-refractivity contribution in [2.24, 2.45) is 0 Å². The molecule has 1 amide bonds. The molecule has 0 bridgehead atoms. The van der Waals surface area contributed by atoms with E-state index >= 15 is 0 Å². The first kappa shape index (κ1) is 15.6. The van der Waals surface area contributed by atoms with Crippen LogP contribution in [0.2, 0.25) is 0 Å². The number of carbonyl (C=O) groups excluding carboxylic acids is 1. The fourth-order valence-electron chi connectivity index (χ4n) is 3.17. The molecule has 1 fully saturated rings. The number of nitrogens with zero attached hydrogens (tertiary/aromatic N) is 3. The minimum atomic E-state index is -0.486. The van der Waals surface area contributed by atoms with E-state index in [0.717, 1.165) is 31.7 Å². The van der Waals surface area contributed by atoms with Crippen molar-refractivity contribution in [1.29, 1.82) is 0 Å². The summed E-state index contributed by atoms with van der Waals surface area (Å²) in [5, 5.41) is 0.195. The summed E-state index contributed by atoms with van der Waals surface area (Å²) in [6.45, 7) is -0.0642. The summed E-state index contributed by atoms with van der Waals surface area (Å²) in [5.41, 5.74) is 0.0422. The average Bonchev–Trinajstić information content (AvgIpc) is 2.58. The maximum absolute atomic E-state index is 13.3. The highest BCUT2D eigenvalue weighted by atomic mass is 19.1. The molecule has 1 aliphatic carbocycles. The minimum absolute atomic E-state index is 0.0642. The zero-order chi connectivity index (χ0) is 16.4. The highest BCUT2D eigenvalue weighted by Gasteiger charge is 2.22. The zero-order valence-corrected chi connectivity index (χ0v) is 13.2. The van der Waals surface area contributed by atoms with Gasteiger partial charge in [0.15, 0.2) is 0 Å². The molecule has 2 aromatic rings. The standard InChI is InChI=1S/C17H20FN3O2/c1-20(13-5-3-2-4-6-13)16(22)10-21-11-19-15-8-7-12(18)9-14(15)17(21)23/h7-9,11,13H,2-6,10H2,1H3. The van der Waals surface area contributed by atoms with E-state index < -0.39 is 5.82 Å². The number of fused-ring (bicyclic) bond motifs is 1. The highest BCUT2D eigenvalue weighted by molar-refractivity contribution is 5.79. The van der Waals surface area contributed by atoms with Gasteiger partial charge in [-0.05, 0) is 31.0 Å². The molecule has 0 unspecified atom stereocenters. The van der Waals surface area contributed by atoms with Gasteiger partial charge in [-0.1, -0.05) is 19.3 Å². The number of rotatable bonds is 3. The fraction of sp³-hybridized carbons (Fsp3) is 0.471. The molecule has 3 rings (SSSR count). The second-order valence-electron chi connectivity index (χ2n) is 6.14. The predicted molar refractivity (Wildman–Crippen MR) is 85.6 cm³/mol. The van der Waals surface area contributed by atoms with Crippen LogP contribution in [-0.4, -0.2) is 33.4 Å². The molecule has 1 saturated carbocycles. The molecule has 1 aliphatic rings. The van der Waals surface area contributed by atoms with Crippen LogP contribution in [-0.2, 0) is 11.3 Å². The molecule has 5 nitrogen and oxygen atoms in total. The Balaban J connectivity index is 1.82. The Hall–Kier alpha value is -2.24. The monoisotopic (exact) mass is 317 g/mol. The molecule has 1 heterocycles. The molecule has 0 atom stereocenters. The smallest absolute Gasteiger partial charge is 0.261 e. The van der Waals surface area contributed by atoms with Crippen LogP contribution in [0.5, 0.6) is 0 Å². The van der Waals surface area contributed by atoms with Gasteiger partial charge in [0, 0.05) is 13.1 Å². The van der Waals surface area contributed by atoms with Gasteiger partial charge < -0.3 is 4.90 Å². The SMILES string of the molecule is CN(C(=O)Cn1cnc2ccc(F)cc2c1=O)C1CCCCC1. The Labute approximate surface area is 133 Å². The van der Waals surface area contributed by atoms with Gasteiger partial charge in [-0.2, -0.15) is 0 Å². The van der Waals surface area contributed by atoms with Crippen molar-refractivity contribution in [3.63, 3.8) is 0 Å². The quantitative estimate of drug-likeness (QED) is 0.873. The number of aromatic nitrogens is 2. The summed E-state index contributed by atoms with van der Waals surface area (Å²) >= 11 is 0. The largest absolute Gasteiger partial charge is 0.341 e. The van der Waals surface area contributed by atoms with Gasteiger partial charge in [0.2, 0.25) is 5.91 Å². The molecular formula is C17H20FN3O2. The topological polar surface area (TPSA) is 55.2 Å². The van der Waals surface area contributed by atoms with Crippen molar-refractivity contribution in [3.8, 4) is 0 Å². The summed E-state index contributed by atoms with van der Waals surface area (Å²) in [6.07, 6.45) is 6.88.